The number of carboxylic acids is 4. The van der Waals surface area contributed by atoms with Gasteiger partial charge in [-0.05, 0) is 18.8 Å². The molecule has 22 heavy (non-hydrogen) atoms. The third kappa shape index (κ3) is 1.74. The van der Waals surface area contributed by atoms with Crippen LogP contribution in [-0.2, 0) is 19.2 Å². The van der Waals surface area contributed by atoms with Crippen LogP contribution < -0.4 is 0 Å². The van der Waals surface area contributed by atoms with Crippen molar-refractivity contribution < 1.29 is 44.0 Å². The Labute approximate surface area is 123 Å². The van der Waals surface area contributed by atoms with E-state index in [0.29, 0.717) is 0 Å². The summed E-state index contributed by atoms with van der Waals surface area (Å²) in [5, 5.41) is 36.5. The molecule has 0 aromatic rings. The van der Waals surface area contributed by atoms with Crippen molar-refractivity contribution in [2.24, 2.45) is 29.1 Å². The summed E-state index contributed by atoms with van der Waals surface area (Å²) in [6.07, 6.45) is -0.907. The zero-order valence-electron chi connectivity index (χ0n) is 11.5. The van der Waals surface area contributed by atoms with E-state index in [0.717, 1.165) is 0 Å². The Morgan fingerprint density at radius 2 is 1.45 bits per heavy atom. The van der Waals surface area contributed by atoms with Gasteiger partial charge in [0.15, 0.2) is 0 Å². The number of hydrogen-bond donors (Lipinski definition) is 4. The summed E-state index contributed by atoms with van der Waals surface area (Å²) in [5.41, 5.74) is -4.84. The van der Waals surface area contributed by atoms with Gasteiger partial charge in [0.2, 0.25) is 5.67 Å². The number of carboxylic acid groups (broad SMARTS) is 4. The topological polar surface area (TPSA) is 149 Å². The average Bonchev–Trinajstić information content (AvgIpc) is 2.38. The van der Waals surface area contributed by atoms with Crippen LogP contribution in [0.15, 0.2) is 0 Å². The van der Waals surface area contributed by atoms with Gasteiger partial charge in [0, 0.05) is 5.41 Å². The number of halogens is 1. The van der Waals surface area contributed by atoms with Gasteiger partial charge >= 0.3 is 23.9 Å². The van der Waals surface area contributed by atoms with Gasteiger partial charge in [-0.25, -0.2) is 9.18 Å². The van der Waals surface area contributed by atoms with Crippen LogP contribution in [0.5, 0.6) is 0 Å². The molecule has 0 saturated heterocycles. The molecule has 6 atom stereocenters. The lowest BCUT2D eigenvalue weighted by molar-refractivity contribution is -0.252. The second-order valence-electron chi connectivity index (χ2n) is 6.19. The number of aliphatic carboxylic acids is 4. The Bertz CT molecular complexity index is 574. The maximum atomic E-state index is 14.9. The van der Waals surface area contributed by atoms with Crippen LogP contribution >= 0.6 is 0 Å². The molecule has 9 heteroatoms. The molecular formula is C13H15FO8. The Morgan fingerprint density at radius 3 is 1.82 bits per heavy atom. The van der Waals surface area contributed by atoms with E-state index >= 15 is 0 Å². The predicted octanol–water partition coefficient (Wildman–Crippen LogP) is 0.312. The third-order valence-corrected chi connectivity index (χ3v) is 5.33. The van der Waals surface area contributed by atoms with E-state index in [1.807, 2.05) is 0 Å². The summed E-state index contributed by atoms with van der Waals surface area (Å²) in [5.74, 6) is -12.2. The molecule has 4 N–H and O–H groups in total. The number of hydrogen-bond acceptors (Lipinski definition) is 4. The van der Waals surface area contributed by atoms with Gasteiger partial charge in [-0.15, -0.1) is 0 Å². The zero-order valence-corrected chi connectivity index (χ0v) is 11.5. The highest BCUT2D eigenvalue weighted by Crippen LogP contribution is 2.68. The van der Waals surface area contributed by atoms with Crippen molar-refractivity contribution in [1.82, 2.24) is 0 Å². The van der Waals surface area contributed by atoms with E-state index in [4.69, 9.17) is 20.4 Å². The molecule has 2 fully saturated rings. The van der Waals surface area contributed by atoms with Gasteiger partial charge in [0.05, 0.1) is 11.8 Å². The van der Waals surface area contributed by atoms with Crippen LogP contribution in [0.3, 0.4) is 0 Å². The molecule has 0 amide bonds. The molecule has 0 radical (unpaired) electrons. The van der Waals surface area contributed by atoms with E-state index in [9.17, 15) is 23.6 Å². The van der Waals surface area contributed by atoms with Crippen LogP contribution in [0.2, 0.25) is 0 Å². The highest BCUT2D eigenvalue weighted by atomic mass is 19.1. The Kier molecular flexibility index (Phi) is 3.42. The fourth-order valence-corrected chi connectivity index (χ4v) is 4.16. The van der Waals surface area contributed by atoms with Crippen molar-refractivity contribution >= 4 is 23.9 Å². The maximum absolute atomic E-state index is 14.9. The number of carbonyl (C=O) groups is 4. The van der Waals surface area contributed by atoms with Gasteiger partial charge in [0.1, 0.15) is 5.92 Å². The first-order chi connectivity index (χ1) is 9.98. The lowest BCUT2D eigenvalue weighted by Crippen LogP contribution is -2.75. The van der Waals surface area contributed by atoms with Crippen molar-refractivity contribution in [2.75, 3.05) is 0 Å². The lowest BCUT2D eigenvalue weighted by Gasteiger charge is -2.63. The van der Waals surface area contributed by atoms with Crippen LogP contribution in [0.25, 0.3) is 0 Å². The largest absolute Gasteiger partial charge is 0.481 e. The maximum Gasteiger partial charge on any atom is 0.342 e. The van der Waals surface area contributed by atoms with E-state index < -0.39 is 65.1 Å². The molecule has 2 aliphatic carbocycles. The fraction of sp³-hybridized carbons (Fsp3) is 0.692. The van der Waals surface area contributed by atoms with Gasteiger partial charge < -0.3 is 20.4 Å². The smallest absolute Gasteiger partial charge is 0.342 e. The fourth-order valence-electron chi connectivity index (χ4n) is 4.16. The van der Waals surface area contributed by atoms with E-state index in [1.54, 1.807) is 0 Å². The van der Waals surface area contributed by atoms with Gasteiger partial charge in [-0.3, -0.25) is 14.4 Å². The molecule has 0 heterocycles. The minimum atomic E-state index is -3.11. The van der Waals surface area contributed by atoms with Gasteiger partial charge in [-0.2, -0.15) is 0 Å². The first-order valence-electron chi connectivity index (χ1n) is 6.59. The van der Waals surface area contributed by atoms with Crippen molar-refractivity contribution in [3.8, 4) is 0 Å². The molecule has 8 nitrogen and oxygen atoms in total. The number of fused-ring (bicyclic) bond motifs is 1. The molecule has 6 unspecified atom stereocenters. The summed E-state index contributed by atoms with van der Waals surface area (Å²) >= 11 is 0. The summed E-state index contributed by atoms with van der Waals surface area (Å²) in [6, 6.07) is 0. The average molecular weight is 318 g/mol. The predicted molar refractivity (Wildman–Crippen MR) is 65.7 cm³/mol. The second kappa shape index (κ2) is 4.65. The second-order valence-corrected chi connectivity index (χ2v) is 6.19. The van der Waals surface area contributed by atoms with Crippen LogP contribution in [0, 0.1) is 29.1 Å². The summed E-state index contributed by atoms with van der Waals surface area (Å²) in [6.45, 7) is 1.18. The minimum absolute atomic E-state index is 0.376. The Hall–Kier alpha value is -2.19. The monoisotopic (exact) mass is 318 g/mol. The van der Waals surface area contributed by atoms with Crippen LogP contribution in [-0.4, -0.2) is 50.0 Å². The highest BCUT2D eigenvalue weighted by Gasteiger charge is 2.79. The molecule has 122 valence electrons. The lowest BCUT2D eigenvalue weighted by atomic mass is 9.39. The van der Waals surface area contributed by atoms with Crippen LogP contribution in [0.1, 0.15) is 19.8 Å². The van der Waals surface area contributed by atoms with E-state index in [-0.39, 0.29) is 6.42 Å². The molecule has 0 aromatic heterocycles. The number of rotatable bonds is 4. The molecule has 0 aliphatic heterocycles. The highest BCUT2D eigenvalue weighted by molar-refractivity contribution is 5.91. The first kappa shape index (κ1) is 16.2. The van der Waals surface area contributed by atoms with Crippen molar-refractivity contribution in [1.29, 1.82) is 0 Å². The molecule has 0 spiro atoms. The molecular weight excluding hydrogens is 303 g/mol. The van der Waals surface area contributed by atoms with Crippen LogP contribution in [0.4, 0.5) is 4.39 Å². The molecule has 0 aromatic carbocycles. The Balaban J connectivity index is 2.48. The summed E-state index contributed by atoms with van der Waals surface area (Å²) in [4.78, 5) is 44.9. The summed E-state index contributed by atoms with van der Waals surface area (Å²) in [7, 11) is 0. The summed E-state index contributed by atoms with van der Waals surface area (Å²) < 4.78 is 14.9. The van der Waals surface area contributed by atoms with Gasteiger partial charge in [0.25, 0.3) is 0 Å². The van der Waals surface area contributed by atoms with Crippen molar-refractivity contribution in [2.45, 2.75) is 25.4 Å². The molecule has 2 aliphatic rings. The minimum Gasteiger partial charge on any atom is -0.481 e. The molecule has 2 rings (SSSR count). The van der Waals surface area contributed by atoms with Crippen molar-refractivity contribution in [3.05, 3.63) is 0 Å². The number of alkyl halides is 1. The normalized spacial score (nSPS) is 43.5. The van der Waals surface area contributed by atoms with Gasteiger partial charge in [-0.1, -0.05) is 6.92 Å². The standard InChI is InChI=1S/C13H15FO8/c1-12-3-5(9(17)18)4(8(15)16)2-6(12)7(10(19)20)13(12,14)11(21)22/h4-7H,2-3H2,1H3,(H,15,16)(H,17,18)(H,19,20)(H,21,22). The van der Waals surface area contributed by atoms with E-state index in [2.05, 4.69) is 0 Å². The van der Waals surface area contributed by atoms with Crippen molar-refractivity contribution in [3.63, 3.8) is 0 Å². The van der Waals surface area contributed by atoms with E-state index in [1.165, 1.54) is 6.92 Å². The first-order valence-corrected chi connectivity index (χ1v) is 6.59. The third-order valence-electron chi connectivity index (χ3n) is 5.33. The SMILES string of the molecule is CC12CC(C(=O)O)C(C(=O)O)CC1C(C(=O)O)C2(F)C(=O)O. The quantitative estimate of drug-likeness (QED) is 0.578. The zero-order chi connectivity index (χ0) is 17.0. The molecule has 0 bridgehead atoms. The Morgan fingerprint density at radius 1 is 0.955 bits per heavy atom. The molecule has 2 saturated carbocycles.